The SMILES string of the molecule is CC(C)N(c1ccc([N+](=O)[O-])c(O)c1)C(C)C. The van der Waals surface area contributed by atoms with Crippen LogP contribution in [0.1, 0.15) is 27.7 Å². The largest absolute Gasteiger partial charge is 0.502 e. The van der Waals surface area contributed by atoms with Crippen molar-refractivity contribution in [1.29, 1.82) is 0 Å². The van der Waals surface area contributed by atoms with Gasteiger partial charge in [0.2, 0.25) is 0 Å². The minimum atomic E-state index is -0.589. The average Bonchev–Trinajstić information content (AvgIpc) is 2.15. The number of hydrogen-bond acceptors (Lipinski definition) is 4. The third-order valence-electron chi connectivity index (χ3n) is 2.57. The zero-order chi connectivity index (χ0) is 13.2. The Morgan fingerprint density at radius 3 is 2.12 bits per heavy atom. The molecule has 1 rings (SSSR count). The van der Waals surface area contributed by atoms with Gasteiger partial charge in [-0.15, -0.1) is 0 Å². The number of nitro groups is 1. The van der Waals surface area contributed by atoms with Crippen LogP contribution < -0.4 is 4.90 Å². The van der Waals surface area contributed by atoms with Crippen molar-refractivity contribution in [3.05, 3.63) is 28.3 Å². The third kappa shape index (κ3) is 2.87. The van der Waals surface area contributed by atoms with Crippen LogP contribution in [-0.2, 0) is 0 Å². The second-order valence-corrected chi connectivity index (χ2v) is 4.52. The van der Waals surface area contributed by atoms with E-state index in [1.54, 1.807) is 6.07 Å². The van der Waals surface area contributed by atoms with E-state index in [-0.39, 0.29) is 23.5 Å². The average molecular weight is 238 g/mol. The first-order valence-electron chi connectivity index (χ1n) is 5.60. The van der Waals surface area contributed by atoms with Crippen molar-refractivity contribution in [1.82, 2.24) is 0 Å². The van der Waals surface area contributed by atoms with Gasteiger partial charge in [-0.05, 0) is 33.8 Å². The summed E-state index contributed by atoms with van der Waals surface area (Å²) in [5.41, 5.74) is 0.527. The van der Waals surface area contributed by atoms with Crippen molar-refractivity contribution < 1.29 is 10.0 Å². The lowest BCUT2D eigenvalue weighted by atomic mass is 10.1. The van der Waals surface area contributed by atoms with Crippen molar-refractivity contribution in [3.8, 4) is 5.75 Å². The molecule has 0 fully saturated rings. The molecule has 0 aliphatic rings. The van der Waals surface area contributed by atoms with Gasteiger partial charge in [0.05, 0.1) is 4.92 Å². The highest BCUT2D eigenvalue weighted by Gasteiger charge is 2.19. The highest BCUT2D eigenvalue weighted by molar-refractivity contribution is 5.59. The molecule has 1 aromatic rings. The summed E-state index contributed by atoms with van der Waals surface area (Å²) in [5.74, 6) is -0.293. The minimum absolute atomic E-state index is 0.260. The molecule has 0 aliphatic carbocycles. The summed E-state index contributed by atoms with van der Waals surface area (Å²) in [4.78, 5) is 12.1. The number of benzene rings is 1. The summed E-state index contributed by atoms with van der Waals surface area (Å²) < 4.78 is 0. The molecule has 0 saturated carbocycles. The summed E-state index contributed by atoms with van der Waals surface area (Å²) >= 11 is 0. The van der Waals surface area contributed by atoms with E-state index in [1.165, 1.54) is 12.1 Å². The number of nitrogens with zero attached hydrogens (tertiary/aromatic N) is 2. The summed E-state index contributed by atoms with van der Waals surface area (Å²) in [6, 6.07) is 4.96. The van der Waals surface area contributed by atoms with Crippen LogP contribution in [0.3, 0.4) is 0 Å². The highest BCUT2D eigenvalue weighted by Crippen LogP contribution is 2.31. The van der Waals surface area contributed by atoms with Gasteiger partial charge in [-0.2, -0.15) is 0 Å². The Kier molecular flexibility index (Phi) is 3.93. The summed E-state index contributed by atoms with van der Waals surface area (Å²) in [7, 11) is 0. The van der Waals surface area contributed by atoms with Gasteiger partial charge in [0.1, 0.15) is 0 Å². The number of anilines is 1. The molecule has 5 nitrogen and oxygen atoms in total. The number of hydrogen-bond donors (Lipinski definition) is 1. The molecule has 0 radical (unpaired) electrons. The molecule has 5 heteroatoms. The lowest BCUT2D eigenvalue weighted by Gasteiger charge is -2.33. The molecule has 1 aromatic carbocycles. The lowest BCUT2D eigenvalue weighted by molar-refractivity contribution is -0.385. The van der Waals surface area contributed by atoms with Gasteiger partial charge in [0.25, 0.3) is 0 Å². The number of aromatic hydroxyl groups is 1. The van der Waals surface area contributed by atoms with E-state index >= 15 is 0 Å². The van der Waals surface area contributed by atoms with Crippen LogP contribution in [0, 0.1) is 10.1 Å². The van der Waals surface area contributed by atoms with Crippen molar-refractivity contribution in [2.24, 2.45) is 0 Å². The molecule has 0 saturated heterocycles. The molecule has 17 heavy (non-hydrogen) atoms. The fourth-order valence-corrected chi connectivity index (χ4v) is 2.02. The van der Waals surface area contributed by atoms with E-state index in [9.17, 15) is 15.2 Å². The van der Waals surface area contributed by atoms with Crippen LogP contribution in [0.2, 0.25) is 0 Å². The summed E-state index contributed by atoms with van der Waals surface area (Å²) in [6.07, 6.45) is 0. The van der Waals surface area contributed by atoms with E-state index in [1.807, 2.05) is 27.7 Å². The van der Waals surface area contributed by atoms with Gasteiger partial charge in [-0.1, -0.05) is 0 Å². The predicted molar refractivity (Wildman–Crippen MR) is 67.5 cm³/mol. The summed E-state index contributed by atoms with van der Waals surface area (Å²) in [5, 5.41) is 20.2. The maximum Gasteiger partial charge on any atom is 0.310 e. The highest BCUT2D eigenvalue weighted by atomic mass is 16.6. The zero-order valence-corrected chi connectivity index (χ0v) is 10.5. The fourth-order valence-electron chi connectivity index (χ4n) is 2.02. The van der Waals surface area contributed by atoms with Gasteiger partial charge in [0, 0.05) is 29.9 Å². The molecule has 0 aliphatic heterocycles. The van der Waals surface area contributed by atoms with Crippen LogP contribution in [0.4, 0.5) is 11.4 Å². The number of nitro benzene ring substituents is 1. The molecule has 0 bridgehead atoms. The van der Waals surface area contributed by atoms with E-state index in [4.69, 9.17) is 0 Å². The normalized spacial score (nSPS) is 10.9. The second kappa shape index (κ2) is 5.03. The zero-order valence-electron chi connectivity index (χ0n) is 10.5. The Morgan fingerprint density at radius 1 is 1.24 bits per heavy atom. The van der Waals surface area contributed by atoms with Crippen molar-refractivity contribution in [2.45, 2.75) is 39.8 Å². The lowest BCUT2D eigenvalue weighted by Crippen LogP contribution is -2.36. The minimum Gasteiger partial charge on any atom is -0.502 e. The van der Waals surface area contributed by atoms with Crippen molar-refractivity contribution in [3.63, 3.8) is 0 Å². The van der Waals surface area contributed by atoms with Crippen LogP contribution in [0.25, 0.3) is 0 Å². The molecule has 0 unspecified atom stereocenters. The Balaban J connectivity index is 3.15. The predicted octanol–water partition coefficient (Wildman–Crippen LogP) is 2.92. The van der Waals surface area contributed by atoms with Gasteiger partial charge in [0.15, 0.2) is 5.75 Å². The van der Waals surface area contributed by atoms with Crippen LogP contribution in [0.5, 0.6) is 5.75 Å². The molecule has 0 atom stereocenters. The first-order valence-corrected chi connectivity index (χ1v) is 5.60. The quantitative estimate of drug-likeness (QED) is 0.647. The van der Waals surface area contributed by atoms with Gasteiger partial charge in [-0.3, -0.25) is 10.1 Å². The van der Waals surface area contributed by atoms with Gasteiger partial charge < -0.3 is 10.0 Å². The van der Waals surface area contributed by atoms with E-state index in [0.29, 0.717) is 0 Å². The standard InChI is InChI=1S/C12H18N2O3/c1-8(2)13(9(3)4)10-5-6-11(14(16)17)12(15)7-10/h5-9,15H,1-4H3. The fraction of sp³-hybridized carbons (Fsp3) is 0.500. The number of rotatable bonds is 4. The van der Waals surface area contributed by atoms with E-state index in [2.05, 4.69) is 4.90 Å². The first kappa shape index (κ1) is 13.3. The van der Waals surface area contributed by atoms with Crippen LogP contribution in [-0.4, -0.2) is 22.1 Å². The van der Waals surface area contributed by atoms with Crippen molar-refractivity contribution in [2.75, 3.05) is 4.90 Å². The molecule has 0 amide bonds. The maximum atomic E-state index is 10.6. The Labute approximate surface area is 101 Å². The molecule has 0 spiro atoms. The van der Waals surface area contributed by atoms with Crippen LogP contribution >= 0.6 is 0 Å². The van der Waals surface area contributed by atoms with Crippen molar-refractivity contribution >= 4 is 11.4 Å². The Hall–Kier alpha value is -1.78. The maximum absolute atomic E-state index is 10.6. The van der Waals surface area contributed by atoms with E-state index in [0.717, 1.165) is 5.69 Å². The smallest absolute Gasteiger partial charge is 0.310 e. The Bertz CT molecular complexity index is 408. The molecule has 0 aromatic heterocycles. The molecular weight excluding hydrogens is 220 g/mol. The number of phenols is 1. The van der Waals surface area contributed by atoms with Crippen LogP contribution in [0.15, 0.2) is 18.2 Å². The molecule has 0 heterocycles. The third-order valence-corrected chi connectivity index (χ3v) is 2.57. The first-order chi connectivity index (χ1) is 7.84. The van der Waals surface area contributed by atoms with E-state index < -0.39 is 4.92 Å². The number of phenolic OH excluding ortho intramolecular Hbond substituents is 1. The second-order valence-electron chi connectivity index (χ2n) is 4.52. The molecule has 94 valence electrons. The van der Waals surface area contributed by atoms with Gasteiger partial charge >= 0.3 is 5.69 Å². The summed E-state index contributed by atoms with van der Waals surface area (Å²) in [6.45, 7) is 8.16. The molecular formula is C12H18N2O3. The molecule has 1 N–H and O–H groups in total. The van der Waals surface area contributed by atoms with Gasteiger partial charge in [-0.25, -0.2) is 0 Å². The Morgan fingerprint density at radius 2 is 1.76 bits per heavy atom. The monoisotopic (exact) mass is 238 g/mol. The topological polar surface area (TPSA) is 66.6 Å².